The number of benzene rings is 1. The van der Waals surface area contributed by atoms with Crippen LogP contribution in [0.1, 0.15) is 18.3 Å². The van der Waals surface area contributed by atoms with Crippen molar-refractivity contribution in [3.8, 4) is 0 Å². The zero-order valence-electron chi connectivity index (χ0n) is 15.5. The highest BCUT2D eigenvalue weighted by Gasteiger charge is 2.16. The van der Waals surface area contributed by atoms with Gasteiger partial charge in [0.15, 0.2) is 5.96 Å². The summed E-state index contributed by atoms with van der Waals surface area (Å²) < 4.78 is 27.1. The topological polar surface area (TPSA) is 105 Å². The van der Waals surface area contributed by atoms with Crippen LogP contribution in [-0.4, -0.2) is 54.1 Å². The molecule has 2 aromatic rings. The third-order valence-corrected chi connectivity index (χ3v) is 5.51. The largest absolute Gasteiger partial charge is 0.357 e. The Kier molecular flexibility index (Phi) is 6.70. The minimum Gasteiger partial charge on any atom is -0.357 e. The van der Waals surface area contributed by atoms with E-state index in [1.165, 1.54) is 24.7 Å². The van der Waals surface area contributed by atoms with Gasteiger partial charge in [0, 0.05) is 27.7 Å². The van der Waals surface area contributed by atoms with Crippen molar-refractivity contribution < 1.29 is 8.42 Å². The van der Waals surface area contributed by atoms with E-state index in [1.54, 1.807) is 28.9 Å². The number of guanidine groups is 1. The van der Waals surface area contributed by atoms with E-state index in [-0.39, 0.29) is 4.90 Å². The summed E-state index contributed by atoms with van der Waals surface area (Å²) in [6.45, 7) is 3.64. The maximum absolute atomic E-state index is 12.1. The van der Waals surface area contributed by atoms with Crippen LogP contribution in [0.2, 0.25) is 0 Å². The van der Waals surface area contributed by atoms with Crippen molar-refractivity contribution in [3.05, 3.63) is 42.0 Å². The number of sulfonamides is 1. The standard InChI is InChI=1S/C16H25N7O2S/c1-5-17-16(19-11-15-20-12-21-23(15)4)18-10-13-6-8-14(9-7-13)26(24,25)22(2)3/h6-9,12H,5,10-11H2,1-4H3,(H2,17,18,19). The van der Waals surface area contributed by atoms with Crippen molar-refractivity contribution in [1.29, 1.82) is 0 Å². The molecule has 0 atom stereocenters. The van der Waals surface area contributed by atoms with Crippen LogP contribution in [0.4, 0.5) is 0 Å². The lowest BCUT2D eigenvalue weighted by molar-refractivity contribution is 0.520. The Morgan fingerprint density at radius 3 is 2.46 bits per heavy atom. The summed E-state index contributed by atoms with van der Waals surface area (Å²) in [6.07, 6.45) is 1.50. The molecule has 0 aliphatic rings. The normalized spacial score (nSPS) is 12.4. The van der Waals surface area contributed by atoms with Crippen LogP contribution in [0.25, 0.3) is 0 Å². The number of nitrogens with one attached hydrogen (secondary N) is 2. The molecule has 0 saturated heterocycles. The molecule has 0 aliphatic heterocycles. The summed E-state index contributed by atoms with van der Waals surface area (Å²) >= 11 is 0. The van der Waals surface area contributed by atoms with Crippen molar-refractivity contribution in [1.82, 2.24) is 29.7 Å². The number of aliphatic imine (C=N–C) groups is 1. The van der Waals surface area contributed by atoms with Crippen molar-refractivity contribution in [2.75, 3.05) is 20.6 Å². The zero-order valence-corrected chi connectivity index (χ0v) is 16.3. The number of hydrogen-bond acceptors (Lipinski definition) is 5. The van der Waals surface area contributed by atoms with E-state index >= 15 is 0 Å². The van der Waals surface area contributed by atoms with Crippen LogP contribution in [0, 0.1) is 0 Å². The van der Waals surface area contributed by atoms with Crippen LogP contribution in [0.15, 0.2) is 40.5 Å². The van der Waals surface area contributed by atoms with Gasteiger partial charge in [0.2, 0.25) is 10.0 Å². The Morgan fingerprint density at radius 1 is 1.23 bits per heavy atom. The second-order valence-corrected chi connectivity index (χ2v) is 7.93. The molecule has 0 radical (unpaired) electrons. The Hall–Kier alpha value is -2.46. The number of nitrogens with zero attached hydrogens (tertiary/aromatic N) is 5. The van der Waals surface area contributed by atoms with Crippen LogP contribution >= 0.6 is 0 Å². The Morgan fingerprint density at radius 2 is 1.92 bits per heavy atom. The molecule has 0 saturated carbocycles. The van der Waals surface area contributed by atoms with Gasteiger partial charge in [0.1, 0.15) is 12.2 Å². The van der Waals surface area contributed by atoms with Crippen molar-refractivity contribution in [2.45, 2.75) is 24.9 Å². The molecule has 0 bridgehead atoms. The lowest BCUT2D eigenvalue weighted by atomic mass is 10.2. The monoisotopic (exact) mass is 379 g/mol. The van der Waals surface area contributed by atoms with Gasteiger partial charge >= 0.3 is 0 Å². The van der Waals surface area contributed by atoms with Crippen molar-refractivity contribution >= 4 is 16.0 Å². The number of hydrogen-bond donors (Lipinski definition) is 2. The summed E-state index contributed by atoms with van der Waals surface area (Å²) in [5.41, 5.74) is 0.915. The fourth-order valence-electron chi connectivity index (χ4n) is 2.13. The van der Waals surface area contributed by atoms with Crippen LogP contribution in [0.3, 0.4) is 0 Å². The van der Waals surface area contributed by atoms with Gasteiger partial charge in [0.25, 0.3) is 0 Å². The van der Waals surface area contributed by atoms with Crippen LogP contribution in [0.5, 0.6) is 0 Å². The van der Waals surface area contributed by atoms with E-state index in [2.05, 4.69) is 25.7 Å². The first-order valence-corrected chi connectivity index (χ1v) is 9.65. The SMILES string of the molecule is CCNC(=NCc1ccc(S(=O)(=O)N(C)C)cc1)NCc1ncnn1C. The quantitative estimate of drug-likeness (QED) is 0.530. The minimum atomic E-state index is -3.41. The van der Waals surface area contributed by atoms with E-state index in [1.807, 2.05) is 14.0 Å². The van der Waals surface area contributed by atoms with Gasteiger partial charge in [0.05, 0.1) is 18.0 Å². The highest BCUT2D eigenvalue weighted by molar-refractivity contribution is 7.89. The summed E-state index contributed by atoms with van der Waals surface area (Å²) in [4.78, 5) is 8.94. The zero-order chi connectivity index (χ0) is 19.2. The molecule has 0 unspecified atom stereocenters. The number of aromatic nitrogens is 3. The lowest BCUT2D eigenvalue weighted by Gasteiger charge is -2.12. The van der Waals surface area contributed by atoms with Crippen LogP contribution < -0.4 is 10.6 Å². The maximum atomic E-state index is 12.1. The second-order valence-electron chi connectivity index (χ2n) is 5.78. The molecule has 2 rings (SSSR count). The lowest BCUT2D eigenvalue weighted by Crippen LogP contribution is -2.37. The highest BCUT2D eigenvalue weighted by atomic mass is 32.2. The van der Waals surface area contributed by atoms with Gasteiger partial charge in [-0.25, -0.2) is 22.7 Å². The van der Waals surface area contributed by atoms with Gasteiger partial charge in [-0.1, -0.05) is 12.1 Å². The molecule has 0 spiro atoms. The van der Waals surface area contributed by atoms with E-state index in [0.717, 1.165) is 17.9 Å². The smallest absolute Gasteiger partial charge is 0.242 e. The molecule has 10 heteroatoms. The fraction of sp³-hybridized carbons (Fsp3) is 0.438. The molecule has 142 valence electrons. The predicted octanol–water partition coefficient (Wildman–Crippen LogP) is 0.321. The Balaban J connectivity index is 2.03. The van der Waals surface area contributed by atoms with Crippen molar-refractivity contribution in [3.63, 3.8) is 0 Å². The molecular formula is C16H25N7O2S. The van der Waals surface area contributed by atoms with E-state index in [9.17, 15) is 8.42 Å². The summed E-state index contributed by atoms with van der Waals surface area (Å²) in [5.74, 6) is 1.45. The molecule has 0 aliphatic carbocycles. The Labute approximate surface area is 154 Å². The highest BCUT2D eigenvalue weighted by Crippen LogP contribution is 2.14. The molecule has 9 nitrogen and oxygen atoms in total. The fourth-order valence-corrected chi connectivity index (χ4v) is 3.03. The minimum absolute atomic E-state index is 0.266. The van der Waals surface area contributed by atoms with Gasteiger partial charge in [-0.05, 0) is 24.6 Å². The van der Waals surface area contributed by atoms with E-state index in [4.69, 9.17) is 0 Å². The molecule has 1 aromatic carbocycles. The molecule has 2 N–H and O–H groups in total. The predicted molar refractivity (Wildman–Crippen MR) is 100.0 cm³/mol. The molecular weight excluding hydrogens is 354 g/mol. The van der Waals surface area contributed by atoms with Gasteiger partial charge in [-0.3, -0.25) is 4.68 Å². The maximum Gasteiger partial charge on any atom is 0.242 e. The second kappa shape index (κ2) is 8.77. The molecule has 0 amide bonds. The Bertz CT molecular complexity index is 842. The van der Waals surface area contributed by atoms with Gasteiger partial charge in [-0.2, -0.15) is 5.10 Å². The first-order valence-electron chi connectivity index (χ1n) is 8.21. The molecule has 0 fully saturated rings. The third kappa shape index (κ3) is 5.02. The van der Waals surface area contributed by atoms with E-state index in [0.29, 0.717) is 19.0 Å². The first kappa shape index (κ1) is 19.9. The van der Waals surface area contributed by atoms with Crippen LogP contribution in [-0.2, 0) is 30.2 Å². The number of aryl methyl sites for hydroxylation is 1. The molecule has 1 aromatic heterocycles. The summed E-state index contributed by atoms with van der Waals surface area (Å²) in [6, 6.07) is 6.73. The number of rotatable bonds is 7. The van der Waals surface area contributed by atoms with E-state index < -0.39 is 10.0 Å². The molecule has 26 heavy (non-hydrogen) atoms. The van der Waals surface area contributed by atoms with Crippen molar-refractivity contribution in [2.24, 2.45) is 12.0 Å². The average Bonchev–Trinajstić information content (AvgIpc) is 3.02. The third-order valence-electron chi connectivity index (χ3n) is 3.68. The molecule has 1 heterocycles. The van der Waals surface area contributed by atoms with Gasteiger partial charge < -0.3 is 10.6 Å². The summed E-state index contributed by atoms with van der Waals surface area (Å²) in [7, 11) is 1.44. The average molecular weight is 379 g/mol. The summed E-state index contributed by atoms with van der Waals surface area (Å²) in [5, 5.41) is 10.4. The van der Waals surface area contributed by atoms with Gasteiger partial charge in [-0.15, -0.1) is 0 Å². The first-order chi connectivity index (χ1) is 12.3.